The van der Waals surface area contributed by atoms with Crippen molar-refractivity contribution in [2.45, 2.75) is 32.8 Å². The maximum Gasteiger partial charge on any atom is 0.155 e. The Morgan fingerprint density at radius 1 is 1.77 bits per heavy atom. The van der Waals surface area contributed by atoms with Crippen LogP contribution in [0, 0.1) is 10.8 Å². The molecule has 0 amide bonds. The molecule has 0 N–H and O–H groups in total. The Balaban J connectivity index is 2.65. The Morgan fingerprint density at radius 2 is 2.46 bits per heavy atom. The van der Waals surface area contributed by atoms with Crippen molar-refractivity contribution < 1.29 is 4.84 Å². The molecule has 0 saturated heterocycles. The van der Waals surface area contributed by atoms with E-state index in [0.29, 0.717) is 5.92 Å². The summed E-state index contributed by atoms with van der Waals surface area (Å²) in [7, 11) is 0. The van der Waals surface area contributed by atoms with E-state index in [0.717, 1.165) is 24.0 Å². The van der Waals surface area contributed by atoms with Crippen molar-refractivity contribution in [3.05, 3.63) is 28.7 Å². The maximum absolute atomic E-state index is 9.97. The molecule has 0 fully saturated rings. The molecular weight excluding hydrogens is 166 g/mol. The highest BCUT2D eigenvalue weighted by Crippen LogP contribution is 2.30. The fourth-order valence-corrected chi connectivity index (χ4v) is 1.58. The molecule has 3 heteroatoms. The normalized spacial score (nSPS) is 27.7. The number of allylic oxidation sites excluding steroid dienone is 2. The van der Waals surface area contributed by atoms with Gasteiger partial charge in [0.2, 0.25) is 0 Å². The van der Waals surface area contributed by atoms with Crippen LogP contribution in [-0.2, 0) is 4.84 Å². The van der Waals surface area contributed by atoms with Crippen molar-refractivity contribution in [1.29, 1.82) is 0 Å². The van der Waals surface area contributed by atoms with E-state index in [9.17, 15) is 4.91 Å². The topological polar surface area (TPSA) is 38.7 Å². The monoisotopic (exact) mass is 181 g/mol. The third kappa shape index (κ3) is 2.41. The highest BCUT2D eigenvalue weighted by Gasteiger charge is 2.24. The molecule has 0 aromatic heterocycles. The lowest BCUT2D eigenvalue weighted by Gasteiger charge is -2.25. The number of nitrogens with zero attached hydrogens (tertiary/aromatic N) is 1. The van der Waals surface area contributed by atoms with Crippen LogP contribution in [0.5, 0.6) is 0 Å². The van der Waals surface area contributed by atoms with Crippen LogP contribution < -0.4 is 0 Å². The molecule has 3 nitrogen and oxygen atoms in total. The zero-order valence-electron chi connectivity index (χ0n) is 8.12. The summed E-state index contributed by atoms with van der Waals surface area (Å²) in [6.45, 7) is 7.87. The van der Waals surface area contributed by atoms with Crippen molar-refractivity contribution in [2.75, 3.05) is 0 Å². The fraction of sp³-hybridized carbons (Fsp3) is 0.600. The van der Waals surface area contributed by atoms with Crippen LogP contribution in [-0.4, -0.2) is 6.10 Å². The van der Waals surface area contributed by atoms with Gasteiger partial charge in [-0.05, 0) is 38.2 Å². The second kappa shape index (κ2) is 4.21. The van der Waals surface area contributed by atoms with Gasteiger partial charge in [0.15, 0.2) is 11.4 Å². The van der Waals surface area contributed by atoms with Gasteiger partial charge in [0.1, 0.15) is 0 Å². The average molecular weight is 181 g/mol. The molecule has 0 aliphatic heterocycles. The van der Waals surface area contributed by atoms with E-state index in [4.69, 9.17) is 4.84 Å². The largest absolute Gasteiger partial charge is 0.356 e. The van der Waals surface area contributed by atoms with Crippen LogP contribution in [0.25, 0.3) is 0 Å². The van der Waals surface area contributed by atoms with Gasteiger partial charge in [0, 0.05) is 0 Å². The van der Waals surface area contributed by atoms with Crippen LogP contribution in [0.1, 0.15) is 26.7 Å². The van der Waals surface area contributed by atoms with Crippen LogP contribution in [0.15, 0.2) is 29.1 Å². The molecule has 72 valence electrons. The quantitative estimate of drug-likeness (QED) is 0.381. The molecule has 13 heavy (non-hydrogen) atoms. The molecule has 1 unspecified atom stereocenters. The summed E-state index contributed by atoms with van der Waals surface area (Å²) in [6.07, 6.45) is 3.77. The van der Waals surface area contributed by atoms with E-state index in [1.165, 1.54) is 0 Å². The van der Waals surface area contributed by atoms with Crippen LogP contribution in [0.4, 0.5) is 0 Å². The third-order valence-corrected chi connectivity index (χ3v) is 2.60. The van der Waals surface area contributed by atoms with Gasteiger partial charge in [-0.15, -0.1) is 4.91 Å². The molecule has 0 heterocycles. The first-order valence-electron chi connectivity index (χ1n) is 4.45. The summed E-state index contributed by atoms with van der Waals surface area (Å²) in [5, 5.41) is 2.48. The first-order valence-corrected chi connectivity index (χ1v) is 4.45. The number of hydrogen-bond donors (Lipinski definition) is 0. The minimum atomic E-state index is -0.145. The summed E-state index contributed by atoms with van der Waals surface area (Å²) in [5.74, 6) is 0.426. The Bertz CT molecular complexity index is 245. The minimum absolute atomic E-state index is 0.145. The molecule has 0 radical (unpaired) electrons. The van der Waals surface area contributed by atoms with E-state index in [1.807, 2.05) is 13.8 Å². The predicted octanol–water partition coefficient (Wildman–Crippen LogP) is 2.99. The maximum atomic E-state index is 9.97. The van der Waals surface area contributed by atoms with Crippen molar-refractivity contribution in [3.8, 4) is 0 Å². The van der Waals surface area contributed by atoms with Crippen molar-refractivity contribution in [2.24, 2.45) is 11.3 Å². The molecule has 0 saturated carbocycles. The van der Waals surface area contributed by atoms with Crippen molar-refractivity contribution in [1.82, 2.24) is 0 Å². The molecule has 1 aliphatic rings. The van der Waals surface area contributed by atoms with E-state index >= 15 is 0 Å². The zero-order chi connectivity index (χ0) is 9.84. The van der Waals surface area contributed by atoms with E-state index in [1.54, 1.807) is 0 Å². The Labute approximate surface area is 78.4 Å². The van der Waals surface area contributed by atoms with Crippen molar-refractivity contribution in [3.63, 3.8) is 0 Å². The molecule has 0 aromatic carbocycles. The Morgan fingerprint density at radius 3 is 3.00 bits per heavy atom. The molecule has 0 bridgehead atoms. The van der Waals surface area contributed by atoms with Crippen LogP contribution in [0.3, 0.4) is 0 Å². The van der Waals surface area contributed by atoms with Gasteiger partial charge < -0.3 is 4.84 Å². The first-order chi connectivity index (χ1) is 6.15. The molecule has 1 aliphatic carbocycles. The number of rotatable bonds is 3. The Kier molecular flexibility index (Phi) is 3.23. The summed E-state index contributed by atoms with van der Waals surface area (Å²) >= 11 is 0. The first kappa shape index (κ1) is 9.96. The Hall–Kier alpha value is -1.12. The van der Waals surface area contributed by atoms with E-state index in [2.05, 4.69) is 18.0 Å². The molecule has 0 aromatic rings. The van der Waals surface area contributed by atoms with E-state index < -0.39 is 0 Å². The highest BCUT2D eigenvalue weighted by atomic mass is 16.7. The lowest BCUT2D eigenvalue weighted by Crippen LogP contribution is -2.21. The van der Waals surface area contributed by atoms with Gasteiger partial charge in [-0.3, -0.25) is 0 Å². The fourth-order valence-electron chi connectivity index (χ4n) is 1.58. The summed E-state index contributed by atoms with van der Waals surface area (Å²) in [4.78, 5) is 14.7. The van der Waals surface area contributed by atoms with Gasteiger partial charge in [-0.1, -0.05) is 18.2 Å². The minimum Gasteiger partial charge on any atom is -0.356 e. The second-order valence-corrected chi connectivity index (χ2v) is 3.63. The van der Waals surface area contributed by atoms with E-state index in [-0.39, 0.29) is 6.10 Å². The summed E-state index contributed by atoms with van der Waals surface area (Å²) in [5.41, 5.74) is 2.24. The predicted molar refractivity (Wildman–Crippen MR) is 52.0 cm³/mol. The van der Waals surface area contributed by atoms with Gasteiger partial charge in [0.05, 0.1) is 0 Å². The van der Waals surface area contributed by atoms with Crippen molar-refractivity contribution >= 4 is 0 Å². The SMILES string of the molecule is C=C(C)[C@H]1CC=C(C)C(ON=O)C1. The smallest absolute Gasteiger partial charge is 0.155 e. The van der Waals surface area contributed by atoms with Gasteiger partial charge >= 0.3 is 0 Å². The summed E-state index contributed by atoms with van der Waals surface area (Å²) in [6, 6.07) is 0. The highest BCUT2D eigenvalue weighted by molar-refractivity contribution is 5.14. The molecule has 0 spiro atoms. The zero-order valence-corrected chi connectivity index (χ0v) is 8.12. The lowest BCUT2D eigenvalue weighted by molar-refractivity contribution is 0.0612. The lowest BCUT2D eigenvalue weighted by atomic mass is 9.84. The molecule has 2 atom stereocenters. The molecule has 1 rings (SSSR count). The third-order valence-electron chi connectivity index (χ3n) is 2.60. The van der Waals surface area contributed by atoms with Crippen LogP contribution in [0.2, 0.25) is 0 Å². The van der Waals surface area contributed by atoms with Gasteiger partial charge in [0.25, 0.3) is 0 Å². The van der Waals surface area contributed by atoms with Crippen LogP contribution >= 0.6 is 0 Å². The molecular formula is C10H15NO2. The van der Waals surface area contributed by atoms with Gasteiger partial charge in [-0.2, -0.15) is 0 Å². The standard InChI is InChI=1S/C10H15NO2/c1-7(2)9-5-4-8(3)10(6-9)13-11-12/h4,9-10H,1,5-6H2,2-3H3/t9-,10?/m0/s1. The summed E-state index contributed by atoms with van der Waals surface area (Å²) < 4.78 is 0. The average Bonchev–Trinajstić information content (AvgIpc) is 2.08. The number of hydrogen-bond acceptors (Lipinski definition) is 3. The second-order valence-electron chi connectivity index (χ2n) is 3.63. The van der Waals surface area contributed by atoms with Gasteiger partial charge in [-0.25, -0.2) is 0 Å².